The molecule has 2 aromatic carbocycles. The molecule has 3 rings (SSSR count). The average Bonchev–Trinajstić information content (AvgIpc) is 2.85. The molecule has 0 aliphatic rings. The van der Waals surface area contributed by atoms with Crippen molar-refractivity contribution in [2.75, 3.05) is 6.54 Å². The lowest BCUT2D eigenvalue weighted by Crippen LogP contribution is -2.08. The molecule has 4 heteroatoms. The number of aromatic nitrogens is 2. The Bertz CT molecular complexity index is 819. The number of benzene rings is 2. The fraction of sp³-hybridized carbons (Fsp3) is 0.316. The molecule has 1 aromatic heterocycles. The first-order valence-electron chi connectivity index (χ1n) is 7.99. The van der Waals surface area contributed by atoms with Crippen molar-refractivity contribution in [1.82, 2.24) is 9.55 Å². The Labute approximate surface area is 142 Å². The van der Waals surface area contributed by atoms with Gasteiger partial charge in [-0.15, -0.1) is 0 Å². The van der Waals surface area contributed by atoms with Gasteiger partial charge in [0.05, 0.1) is 11.0 Å². The van der Waals surface area contributed by atoms with Crippen LogP contribution in [-0.4, -0.2) is 16.1 Å². The Morgan fingerprint density at radius 2 is 1.78 bits per heavy atom. The molecule has 0 saturated heterocycles. The van der Waals surface area contributed by atoms with Crippen molar-refractivity contribution in [3.8, 4) is 0 Å². The zero-order chi connectivity index (χ0) is 16.4. The van der Waals surface area contributed by atoms with Crippen LogP contribution >= 0.6 is 11.6 Å². The van der Waals surface area contributed by atoms with Crippen LogP contribution in [0.3, 0.4) is 0 Å². The van der Waals surface area contributed by atoms with E-state index >= 15 is 0 Å². The summed E-state index contributed by atoms with van der Waals surface area (Å²) < 4.78 is 2.31. The third-order valence-electron chi connectivity index (χ3n) is 4.30. The van der Waals surface area contributed by atoms with E-state index in [0.717, 1.165) is 35.8 Å². The quantitative estimate of drug-likeness (QED) is 0.761. The summed E-state index contributed by atoms with van der Waals surface area (Å²) in [6.45, 7) is 5.76. The highest BCUT2D eigenvalue weighted by atomic mass is 35.5. The monoisotopic (exact) mass is 327 g/mol. The van der Waals surface area contributed by atoms with Crippen molar-refractivity contribution in [2.24, 2.45) is 5.73 Å². The second-order valence-corrected chi connectivity index (χ2v) is 6.49. The third-order valence-corrected chi connectivity index (χ3v) is 4.55. The summed E-state index contributed by atoms with van der Waals surface area (Å²) in [7, 11) is 0. The molecule has 120 valence electrons. The lowest BCUT2D eigenvalue weighted by Gasteiger charge is -2.10. The van der Waals surface area contributed by atoms with Crippen LogP contribution in [0, 0.1) is 13.8 Å². The van der Waals surface area contributed by atoms with Crippen LogP contribution in [0.2, 0.25) is 5.02 Å². The summed E-state index contributed by atoms with van der Waals surface area (Å²) in [6.07, 6.45) is 1.85. The number of nitrogens with zero attached hydrogens (tertiary/aromatic N) is 2. The van der Waals surface area contributed by atoms with Gasteiger partial charge in [-0.05, 0) is 67.8 Å². The number of imidazole rings is 1. The zero-order valence-corrected chi connectivity index (χ0v) is 14.4. The van der Waals surface area contributed by atoms with Crippen LogP contribution < -0.4 is 5.73 Å². The predicted octanol–water partition coefficient (Wildman–Crippen LogP) is 4.25. The molecule has 0 aliphatic heterocycles. The second kappa shape index (κ2) is 6.73. The molecule has 3 nitrogen and oxygen atoms in total. The SMILES string of the molecule is Cc1cc2nc(CCCN)n(Cc3ccc(Cl)cc3)c2cc1C. The van der Waals surface area contributed by atoms with E-state index in [2.05, 4.69) is 42.7 Å². The smallest absolute Gasteiger partial charge is 0.110 e. The average molecular weight is 328 g/mol. The molecule has 1 heterocycles. The van der Waals surface area contributed by atoms with Crippen molar-refractivity contribution in [3.63, 3.8) is 0 Å². The molecule has 23 heavy (non-hydrogen) atoms. The maximum Gasteiger partial charge on any atom is 0.110 e. The molecular weight excluding hydrogens is 306 g/mol. The van der Waals surface area contributed by atoms with Crippen LogP contribution in [0.25, 0.3) is 11.0 Å². The van der Waals surface area contributed by atoms with Crippen LogP contribution in [0.15, 0.2) is 36.4 Å². The number of fused-ring (bicyclic) bond motifs is 1. The first-order chi connectivity index (χ1) is 11.1. The summed E-state index contributed by atoms with van der Waals surface area (Å²) in [5.41, 5.74) is 11.7. The standard InChI is InChI=1S/C19H22ClN3/c1-13-10-17-18(11-14(13)2)23(19(22-17)4-3-9-21)12-15-5-7-16(20)8-6-15/h5-8,10-11H,3-4,9,12,21H2,1-2H3. The minimum Gasteiger partial charge on any atom is -0.330 e. The Morgan fingerprint density at radius 3 is 2.48 bits per heavy atom. The molecule has 2 N–H and O–H groups in total. The Balaban J connectivity index is 2.07. The van der Waals surface area contributed by atoms with Gasteiger partial charge in [0.15, 0.2) is 0 Å². The highest BCUT2D eigenvalue weighted by Gasteiger charge is 2.12. The maximum absolute atomic E-state index is 5.99. The summed E-state index contributed by atoms with van der Waals surface area (Å²) in [5.74, 6) is 1.10. The number of halogens is 1. The summed E-state index contributed by atoms with van der Waals surface area (Å²) in [6, 6.07) is 12.4. The van der Waals surface area contributed by atoms with Gasteiger partial charge in [0.1, 0.15) is 5.82 Å². The minimum absolute atomic E-state index is 0.683. The van der Waals surface area contributed by atoms with E-state index in [0.29, 0.717) is 6.54 Å². The van der Waals surface area contributed by atoms with E-state index in [1.807, 2.05) is 12.1 Å². The molecular formula is C19H22ClN3. The molecule has 0 fully saturated rings. The normalized spacial score (nSPS) is 11.3. The van der Waals surface area contributed by atoms with Crippen LogP contribution in [-0.2, 0) is 13.0 Å². The van der Waals surface area contributed by atoms with Gasteiger partial charge in [0.25, 0.3) is 0 Å². The lowest BCUT2D eigenvalue weighted by atomic mass is 10.1. The Hall–Kier alpha value is -1.84. The molecule has 3 aromatic rings. The topological polar surface area (TPSA) is 43.8 Å². The Morgan fingerprint density at radius 1 is 1.09 bits per heavy atom. The van der Waals surface area contributed by atoms with Gasteiger partial charge in [0, 0.05) is 18.0 Å². The fourth-order valence-electron chi connectivity index (χ4n) is 2.83. The van der Waals surface area contributed by atoms with Crippen molar-refractivity contribution in [3.05, 3.63) is 63.9 Å². The lowest BCUT2D eigenvalue weighted by molar-refractivity contribution is 0.703. The molecule has 0 aliphatic carbocycles. The molecule has 0 unspecified atom stereocenters. The van der Waals surface area contributed by atoms with Crippen molar-refractivity contribution < 1.29 is 0 Å². The second-order valence-electron chi connectivity index (χ2n) is 6.06. The van der Waals surface area contributed by atoms with Gasteiger partial charge in [-0.25, -0.2) is 4.98 Å². The van der Waals surface area contributed by atoms with Crippen molar-refractivity contribution >= 4 is 22.6 Å². The zero-order valence-electron chi connectivity index (χ0n) is 13.6. The molecule has 0 bridgehead atoms. The van der Waals surface area contributed by atoms with Gasteiger partial charge < -0.3 is 10.3 Å². The van der Waals surface area contributed by atoms with Crippen LogP contribution in [0.1, 0.15) is 28.9 Å². The summed E-state index contributed by atoms with van der Waals surface area (Å²) >= 11 is 5.99. The molecule has 0 saturated carbocycles. The van der Waals surface area contributed by atoms with Crippen molar-refractivity contribution in [1.29, 1.82) is 0 Å². The fourth-order valence-corrected chi connectivity index (χ4v) is 2.96. The molecule has 0 atom stereocenters. The van der Waals surface area contributed by atoms with Gasteiger partial charge in [-0.1, -0.05) is 23.7 Å². The van der Waals surface area contributed by atoms with Crippen LogP contribution in [0.4, 0.5) is 0 Å². The maximum atomic E-state index is 5.99. The van der Waals surface area contributed by atoms with Gasteiger partial charge in [-0.3, -0.25) is 0 Å². The predicted molar refractivity (Wildman–Crippen MR) is 97.1 cm³/mol. The van der Waals surface area contributed by atoms with E-state index in [1.165, 1.54) is 22.2 Å². The summed E-state index contributed by atoms with van der Waals surface area (Å²) in [4.78, 5) is 4.85. The first-order valence-corrected chi connectivity index (χ1v) is 8.37. The van der Waals surface area contributed by atoms with Gasteiger partial charge >= 0.3 is 0 Å². The van der Waals surface area contributed by atoms with E-state index in [-0.39, 0.29) is 0 Å². The van der Waals surface area contributed by atoms with Crippen molar-refractivity contribution in [2.45, 2.75) is 33.2 Å². The number of rotatable bonds is 5. The summed E-state index contributed by atoms with van der Waals surface area (Å²) in [5, 5.41) is 0.763. The number of nitrogens with two attached hydrogens (primary N) is 1. The number of hydrogen-bond donors (Lipinski definition) is 1. The van der Waals surface area contributed by atoms with E-state index in [9.17, 15) is 0 Å². The van der Waals surface area contributed by atoms with Gasteiger partial charge in [0.2, 0.25) is 0 Å². The third kappa shape index (κ3) is 3.41. The van der Waals surface area contributed by atoms with E-state index in [4.69, 9.17) is 22.3 Å². The van der Waals surface area contributed by atoms with E-state index < -0.39 is 0 Å². The molecule has 0 amide bonds. The minimum atomic E-state index is 0.683. The van der Waals surface area contributed by atoms with Crippen LogP contribution in [0.5, 0.6) is 0 Å². The molecule has 0 radical (unpaired) electrons. The number of aryl methyl sites for hydroxylation is 3. The molecule has 0 spiro atoms. The highest BCUT2D eigenvalue weighted by Crippen LogP contribution is 2.23. The number of hydrogen-bond acceptors (Lipinski definition) is 2. The first kappa shape index (κ1) is 16.0. The highest BCUT2D eigenvalue weighted by molar-refractivity contribution is 6.30. The largest absolute Gasteiger partial charge is 0.330 e. The van der Waals surface area contributed by atoms with E-state index in [1.54, 1.807) is 0 Å². The Kier molecular flexibility index (Phi) is 4.69. The van der Waals surface area contributed by atoms with Gasteiger partial charge in [-0.2, -0.15) is 0 Å².